The Balaban J connectivity index is 1.54. The summed E-state index contributed by atoms with van der Waals surface area (Å²) >= 11 is 0. The van der Waals surface area contributed by atoms with Crippen molar-refractivity contribution in [3.63, 3.8) is 0 Å². The normalized spacial score (nSPS) is 34.7. The van der Waals surface area contributed by atoms with Gasteiger partial charge in [0.15, 0.2) is 17.5 Å². The van der Waals surface area contributed by atoms with Crippen molar-refractivity contribution in [3.8, 4) is 0 Å². The van der Waals surface area contributed by atoms with E-state index in [4.69, 9.17) is 0 Å². The summed E-state index contributed by atoms with van der Waals surface area (Å²) in [5.41, 5.74) is -0.0587. The van der Waals surface area contributed by atoms with Gasteiger partial charge in [-0.1, -0.05) is 0 Å². The Morgan fingerprint density at radius 2 is 1.50 bits per heavy atom. The van der Waals surface area contributed by atoms with E-state index in [0.717, 1.165) is 25.3 Å². The molecule has 0 spiro atoms. The van der Waals surface area contributed by atoms with Crippen LogP contribution >= 0.6 is 0 Å². The number of hydrogen-bond acceptors (Lipinski definition) is 2. The van der Waals surface area contributed by atoms with Crippen LogP contribution < -0.4 is 4.72 Å². The van der Waals surface area contributed by atoms with Crippen LogP contribution in [0.4, 0.5) is 13.2 Å². The first kappa shape index (κ1) is 16.4. The molecule has 0 saturated heterocycles. The van der Waals surface area contributed by atoms with E-state index in [0.29, 0.717) is 23.8 Å². The molecule has 0 atom stereocenters. The highest BCUT2D eigenvalue weighted by Gasteiger charge is 2.51. The van der Waals surface area contributed by atoms with Crippen LogP contribution in [0.5, 0.6) is 0 Å². The van der Waals surface area contributed by atoms with Crippen molar-refractivity contribution in [1.82, 2.24) is 4.72 Å². The zero-order chi connectivity index (χ0) is 17.1. The molecule has 4 aliphatic rings. The molecule has 7 heteroatoms. The maximum Gasteiger partial charge on any atom is 0.243 e. The van der Waals surface area contributed by atoms with Crippen LogP contribution in [0, 0.1) is 40.6 Å². The fourth-order valence-electron chi connectivity index (χ4n) is 5.55. The van der Waals surface area contributed by atoms with Gasteiger partial charge in [0.05, 0.1) is 0 Å². The first-order valence-corrected chi connectivity index (χ1v) is 9.89. The minimum Gasteiger partial charge on any atom is -0.210 e. The van der Waals surface area contributed by atoms with Crippen LogP contribution in [0.3, 0.4) is 0 Å². The second kappa shape index (κ2) is 5.46. The first-order valence-electron chi connectivity index (χ1n) is 8.41. The van der Waals surface area contributed by atoms with E-state index >= 15 is 0 Å². The van der Waals surface area contributed by atoms with Crippen LogP contribution in [-0.4, -0.2) is 15.0 Å². The van der Waals surface area contributed by atoms with Gasteiger partial charge in [0, 0.05) is 6.54 Å². The Bertz CT molecular complexity index is 743. The van der Waals surface area contributed by atoms with Gasteiger partial charge in [0.1, 0.15) is 4.90 Å². The number of rotatable bonds is 4. The van der Waals surface area contributed by atoms with Gasteiger partial charge in [-0.05, 0) is 73.8 Å². The summed E-state index contributed by atoms with van der Waals surface area (Å²) in [6, 6.07) is 1.41. The lowest BCUT2D eigenvalue weighted by atomic mass is 9.50. The molecule has 132 valence electrons. The molecular formula is C17H20F3NO2S. The van der Waals surface area contributed by atoms with E-state index in [9.17, 15) is 21.6 Å². The highest BCUT2D eigenvalue weighted by molar-refractivity contribution is 7.89. The molecule has 3 nitrogen and oxygen atoms in total. The Morgan fingerprint density at radius 3 is 2.04 bits per heavy atom. The minimum absolute atomic E-state index is 0.0587. The molecular weight excluding hydrogens is 339 g/mol. The Morgan fingerprint density at radius 1 is 0.958 bits per heavy atom. The lowest BCUT2D eigenvalue weighted by Crippen LogP contribution is -2.51. The van der Waals surface area contributed by atoms with Gasteiger partial charge in [0.2, 0.25) is 10.0 Å². The van der Waals surface area contributed by atoms with Crippen molar-refractivity contribution < 1.29 is 21.6 Å². The minimum atomic E-state index is -4.21. The van der Waals surface area contributed by atoms with Crippen LogP contribution in [0.2, 0.25) is 0 Å². The van der Waals surface area contributed by atoms with Gasteiger partial charge in [-0.25, -0.2) is 26.3 Å². The Kier molecular flexibility index (Phi) is 3.73. The second-order valence-electron chi connectivity index (χ2n) is 7.92. The van der Waals surface area contributed by atoms with Crippen molar-refractivity contribution in [2.45, 2.75) is 43.4 Å². The monoisotopic (exact) mass is 359 g/mol. The summed E-state index contributed by atoms with van der Waals surface area (Å²) < 4.78 is 67.4. The number of nitrogens with one attached hydrogen (secondary N) is 1. The number of benzene rings is 1. The van der Waals surface area contributed by atoms with Gasteiger partial charge in [-0.3, -0.25) is 0 Å². The molecule has 4 bridgehead atoms. The van der Waals surface area contributed by atoms with Crippen LogP contribution in [0.1, 0.15) is 38.5 Å². The highest BCUT2D eigenvalue weighted by Crippen LogP contribution is 2.59. The van der Waals surface area contributed by atoms with E-state index in [-0.39, 0.29) is 12.0 Å². The Labute approximate surface area is 139 Å². The molecule has 0 aromatic heterocycles. The fraction of sp³-hybridized carbons (Fsp3) is 0.647. The molecule has 24 heavy (non-hydrogen) atoms. The zero-order valence-corrected chi connectivity index (χ0v) is 14.0. The molecule has 5 rings (SSSR count). The first-order chi connectivity index (χ1) is 11.3. The maximum atomic E-state index is 13.8. The third-order valence-electron chi connectivity index (χ3n) is 6.09. The third kappa shape index (κ3) is 2.65. The predicted octanol–water partition coefficient (Wildman–Crippen LogP) is 3.60. The van der Waals surface area contributed by atoms with Crippen molar-refractivity contribution in [3.05, 3.63) is 29.6 Å². The van der Waals surface area contributed by atoms with E-state index in [1.54, 1.807) is 0 Å². The van der Waals surface area contributed by atoms with E-state index in [1.165, 1.54) is 19.3 Å². The smallest absolute Gasteiger partial charge is 0.210 e. The lowest BCUT2D eigenvalue weighted by Gasteiger charge is -2.56. The van der Waals surface area contributed by atoms with Gasteiger partial charge < -0.3 is 0 Å². The average Bonchev–Trinajstić information content (AvgIpc) is 2.49. The largest absolute Gasteiger partial charge is 0.243 e. The number of hydrogen-bond donors (Lipinski definition) is 1. The second-order valence-corrected chi connectivity index (χ2v) is 9.65. The molecule has 4 aliphatic carbocycles. The van der Waals surface area contributed by atoms with E-state index in [2.05, 4.69) is 4.72 Å². The van der Waals surface area contributed by atoms with Crippen molar-refractivity contribution in [2.24, 2.45) is 23.2 Å². The van der Waals surface area contributed by atoms with Gasteiger partial charge >= 0.3 is 0 Å². The quantitative estimate of drug-likeness (QED) is 0.835. The molecule has 0 amide bonds. The van der Waals surface area contributed by atoms with Crippen molar-refractivity contribution in [2.75, 3.05) is 6.54 Å². The molecule has 0 unspecified atom stereocenters. The van der Waals surface area contributed by atoms with Crippen molar-refractivity contribution >= 4 is 10.0 Å². The molecule has 0 radical (unpaired) electrons. The summed E-state index contributed by atoms with van der Waals surface area (Å²) in [5.74, 6) is -2.81. The van der Waals surface area contributed by atoms with Crippen LogP contribution in [-0.2, 0) is 10.0 Å². The summed E-state index contributed by atoms with van der Waals surface area (Å²) in [7, 11) is -4.21. The molecule has 4 saturated carbocycles. The summed E-state index contributed by atoms with van der Waals surface area (Å²) in [6.07, 6.45) is 6.72. The predicted molar refractivity (Wildman–Crippen MR) is 82.1 cm³/mol. The summed E-state index contributed by atoms with van der Waals surface area (Å²) in [6.45, 7) is 0.247. The third-order valence-corrected chi connectivity index (χ3v) is 7.51. The van der Waals surface area contributed by atoms with Crippen LogP contribution in [0.25, 0.3) is 0 Å². The standard InChI is InChI=1S/C17H20F3NO2S/c18-13-1-2-14(16(20)15(13)19)24(22,23)21-9-17-6-10-3-11(7-17)5-12(4-10)8-17/h1-2,10-12,21H,3-9H2. The van der Waals surface area contributed by atoms with Crippen LogP contribution in [0.15, 0.2) is 17.0 Å². The number of sulfonamides is 1. The number of halogens is 3. The van der Waals surface area contributed by atoms with Gasteiger partial charge in [-0.2, -0.15) is 0 Å². The summed E-state index contributed by atoms with van der Waals surface area (Å²) in [5, 5.41) is 0. The maximum absolute atomic E-state index is 13.8. The molecule has 4 fully saturated rings. The molecule has 1 N–H and O–H groups in total. The molecule has 0 aliphatic heterocycles. The van der Waals surface area contributed by atoms with Gasteiger partial charge in [0.25, 0.3) is 0 Å². The van der Waals surface area contributed by atoms with Gasteiger partial charge in [-0.15, -0.1) is 0 Å². The molecule has 1 aromatic rings. The lowest BCUT2D eigenvalue weighted by molar-refractivity contribution is -0.0487. The zero-order valence-electron chi connectivity index (χ0n) is 13.2. The van der Waals surface area contributed by atoms with Crippen molar-refractivity contribution in [1.29, 1.82) is 0 Å². The highest BCUT2D eigenvalue weighted by atomic mass is 32.2. The van der Waals surface area contributed by atoms with E-state index in [1.807, 2.05) is 0 Å². The molecule has 1 aromatic carbocycles. The SMILES string of the molecule is O=S(=O)(NCC12CC3CC(CC(C3)C1)C2)c1ccc(F)c(F)c1F. The fourth-order valence-corrected chi connectivity index (χ4v) is 6.77. The Hall–Kier alpha value is -1.08. The van der Waals surface area contributed by atoms with E-state index < -0.39 is 32.4 Å². The summed E-state index contributed by atoms with van der Waals surface area (Å²) in [4.78, 5) is -0.828. The molecule has 0 heterocycles. The topological polar surface area (TPSA) is 46.2 Å². The average molecular weight is 359 g/mol.